The molecule has 3 aromatic rings. The molecule has 3 amide bonds. The Kier molecular flexibility index (Phi) is 7.83. The second-order valence-corrected chi connectivity index (χ2v) is 11.1. The molecule has 3 aliphatic rings. The highest BCUT2D eigenvalue weighted by Gasteiger charge is 2.42. The maximum absolute atomic E-state index is 13.6. The Morgan fingerprint density at radius 2 is 1.76 bits per heavy atom. The molecule has 0 atom stereocenters. The normalized spacial score (nSPS) is 19.8. The number of amides is 3. The molecule has 4 heterocycles. The van der Waals surface area contributed by atoms with E-state index in [-0.39, 0.29) is 32.5 Å². The Hall–Kier alpha value is -3.67. The lowest BCUT2D eigenvalue weighted by Crippen LogP contribution is -2.65. The molecule has 6 rings (SSSR count). The molecule has 2 aliphatic heterocycles. The van der Waals surface area contributed by atoms with Crippen molar-refractivity contribution in [3.63, 3.8) is 0 Å². The van der Waals surface area contributed by atoms with E-state index in [4.69, 9.17) is 24.4 Å². The van der Waals surface area contributed by atoms with Gasteiger partial charge in [0.2, 0.25) is 11.8 Å². The Morgan fingerprint density at radius 3 is 2.44 bits per heavy atom. The van der Waals surface area contributed by atoms with Gasteiger partial charge in [-0.15, -0.1) is 0 Å². The molecule has 0 unspecified atom stereocenters. The molecule has 3 fully saturated rings. The van der Waals surface area contributed by atoms with Gasteiger partial charge in [-0.05, 0) is 42.5 Å². The van der Waals surface area contributed by atoms with Crippen LogP contribution in [0.1, 0.15) is 53.9 Å². The molecule has 2 saturated heterocycles. The number of benzene rings is 1. The summed E-state index contributed by atoms with van der Waals surface area (Å²) < 4.78 is 23.6. The van der Waals surface area contributed by atoms with Gasteiger partial charge >= 0.3 is 0 Å². The predicted octanol–water partition coefficient (Wildman–Crippen LogP) is 2.77. The topological polar surface area (TPSA) is 138 Å². The molecule has 1 saturated carbocycles. The summed E-state index contributed by atoms with van der Waals surface area (Å²) in [5, 5.41) is 3.77. The van der Waals surface area contributed by atoms with Crippen molar-refractivity contribution in [2.24, 2.45) is 5.73 Å². The van der Waals surface area contributed by atoms with Crippen LogP contribution in [0.2, 0.25) is 0 Å². The minimum atomic E-state index is -1.46. The first-order valence-electron chi connectivity index (χ1n) is 14.3. The summed E-state index contributed by atoms with van der Waals surface area (Å²) in [5.74, 6) is -0.890. The first-order chi connectivity index (χ1) is 20.0. The number of hydrogen-bond acceptors (Lipinski definition) is 7. The lowest BCUT2D eigenvalue weighted by molar-refractivity contribution is -0.159. The van der Waals surface area contributed by atoms with Crippen LogP contribution in [0.25, 0.3) is 22.2 Å². The maximum atomic E-state index is 13.6. The number of rotatable bonds is 7. The van der Waals surface area contributed by atoms with Gasteiger partial charge in [0.05, 0.1) is 50.2 Å². The largest absolute Gasteiger partial charge is 0.472 e. The highest BCUT2D eigenvalue weighted by atomic mass is 16.7. The summed E-state index contributed by atoms with van der Waals surface area (Å²) in [6.45, 7) is 2.11. The molecule has 0 spiro atoms. The summed E-state index contributed by atoms with van der Waals surface area (Å²) in [7, 11) is 0. The van der Waals surface area contributed by atoms with Gasteiger partial charge in [0.1, 0.15) is 13.3 Å². The van der Waals surface area contributed by atoms with Gasteiger partial charge in [-0.2, -0.15) is 0 Å². The van der Waals surface area contributed by atoms with Gasteiger partial charge < -0.3 is 39.1 Å². The Labute approximate surface area is 237 Å². The quantitative estimate of drug-likeness (QED) is 0.450. The van der Waals surface area contributed by atoms with Crippen LogP contribution in [0.4, 0.5) is 0 Å². The molecule has 0 bridgehead atoms. The van der Waals surface area contributed by atoms with E-state index < -0.39 is 17.4 Å². The summed E-state index contributed by atoms with van der Waals surface area (Å²) in [6.07, 6.45) is 8.98. The van der Waals surface area contributed by atoms with E-state index in [2.05, 4.69) is 5.32 Å². The Balaban J connectivity index is 1.45. The number of morpholine rings is 1. The Morgan fingerprint density at radius 1 is 1.00 bits per heavy atom. The van der Waals surface area contributed by atoms with Gasteiger partial charge in [0.25, 0.3) is 5.91 Å². The number of nitrogens with two attached hydrogens (primary N) is 1. The number of aromatic nitrogens is 1. The molecular formula is C30H36N4O7. The molecule has 2 aromatic heterocycles. The van der Waals surface area contributed by atoms with Crippen LogP contribution in [0.5, 0.6) is 0 Å². The maximum Gasteiger partial charge on any atom is 0.252 e. The van der Waals surface area contributed by atoms with E-state index in [1.807, 2.05) is 21.6 Å². The lowest BCUT2D eigenvalue weighted by atomic mass is 9.82. The third-order valence-corrected chi connectivity index (χ3v) is 8.52. The van der Waals surface area contributed by atoms with Crippen LogP contribution in [0, 0.1) is 0 Å². The number of nitrogens with one attached hydrogen (secondary N) is 1. The van der Waals surface area contributed by atoms with E-state index in [1.165, 1.54) is 12.0 Å². The van der Waals surface area contributed by atoms with Crippen LogP contribution in [-0.4, -0.2) is 79.0 Å². The van der Waals surface area contributed by atoms with E-state index in [9.17, 15) is 14.4 Å². The zero-order chi connectivity index (χ0) is 28.4. The zero-order valence-electron chi connectivity index (χ0n) is 23.1. The number of furan rings is 1. The van der Waals surface area contributed by atoms with Crippen molar-refractivity contribution in [1.82, 2.24) is 14.8 Å². The van der Waals surface area contributed by atoms with Gasteiger partial charge in [-0.1, -0.05) is 25.3 Å². The van der Waals surface area contributed by atoms with E-state index in [0.29, 0.717) is 37.8 Å². The number of carbonyl (C=O) groups excluding carboxylic acids is 3. The van der Waals surface area contributed by atoms with Gasteiger partial charge in [-0.25, -0.2) is 0 Å². The van der Waals surface area contributed by atoms with Crippen molar-refractivity contribution < 1.29 is 33.0 Å². The van der Waals surface area contributed by atoms with E-state index in [0.717, 1.165) is 47.8 Å². The van der Waals surface area contributed by atoms with Gasteiger partial charge in [0.15, 0.2) is 5.54 Å². The van der Waals surface area contributed by atoms with Crippen molar-refractivity contribution >= 4 is 28.6 Å². The second-order valence-electron chi connectivity index (χ2n) is 11.1. The number of carbonyl (C=O) groups is 3. The van der Waals surface area contributed by atoms with Crippen LogP contribution in [0.3, 0.4) is 0 Å². The number of fused-ring (bicyclic) bond motifs is 1. The number of hydrogen-bond donors (Lipinski definition) is 2. The summed E-state index contributed by atoms with van der Waals surface area (Å²) in [5.41, 5.74) is 8.34. The number of primary amides is 1. The fourth-order valence-corrected chi connectivity index (χ4v) is 6.34. The van der Waals surface area contributed by atoms with Crippen LogP contribution in [-0.2, 0) is 30.3 Å². The molecular weight excluding hydrogens is 528 g/mol. The van der Waals surface area contributed by atoms with Crippen molar-refractivity contribution in [3.8, 4) is 11.3 Å². The fourth-order valence-electron chi connectivity index (χ4n) is 6.34. The standard InChI is InChI=1S/C30H36N4O7/c31-29(37)30(17-40-19-41-18-30)32-28(36)21-6-7-23-24(14-21)34(15-25(35)33-9-12-38-13-10-33)27(22-8-11-39-16-22)26(23)20-4-2-1-3-5-20/h6-8,11,14,16,20H,1-5,9-10,12-13,15,17-19H2,(H2,31,37)(H,32,36). The SMILES string of the molecule is NC(=O)C1(NC(=O)c2ccc3c(C4CCCCC4)c(-c4ccoc4)n(CC(=O)N4CCOCC4)c3c2)COCOC1. The van der Waals surface area contributed by atoms with Crippen molar-refractivity contribution in [2.45, 2.75) is 50.1 Å². The summed E-state index contributed by atoms with van der Waals surface area (Å²) in [6, 6.07) is 7.44. The zero-order valence-corrected chi connectivity index (χ0v) is 23.1. The minimum Gasteiger partial charge on any atom is -0.472 e. The van der Waals surface area contributed by atoms with Crippen molar-refractivity contribution in [1.29, 1.82) is 0 Å². The van der Waals surface area contributed by atoms with Crippen LogP contribution >= 0.6 is 0 Å². The molecule has 11 heteroatoms. The molecule has 0 radical (unpaired) electrons. The van der Waals surface area contributed by atoms with Gasteiger partial charge in [0, 0.05) is 29.6 Å². The molecule has 1 aromatic carbocycles. The number of ether oxygens (including phenoxy) is 3. The van der Waals surface area contributed by atoms with Crippen molar-refractivity contribution in [3.05, 3.63) is 47.9 Å². The second kappa shape index (κ2) is 11.7. The molecule has 3 N–H and O–H groups in total. The summed E-state index contributed by atoms with van der Waals surface area (Å²) in [4.78, 5) is 41.3. The lowest BCUT2D eigenvalue weighted by Gasteiger charge is -2.34. The first kappa shape index (κ1) is 27.5. The Bertz CT molecular complexity index is 1410. The number of nitrogens with zero attached hydrogens (tertiary/aromatic N) is 2. The minimum absolute atomic E-state index is 0.0100. The molecule has 1 aliphatic carbocycles. The highest BCUT2D eigenvalue weighted by molar-refractivity contribution is 6.03. The van der Waals surface area contributed by atoms with E-state index in [1.54, 1.807) is 24.7 Å². The molecule has 11 nitrogen and oxygen atoms in total. The summed E-state index contributed by atoms with van der Waals surface area (Å²) >= 11 is 0. The smallest absolute Gasteiger partial charge is 0.252 e. The third-order valence-electron chi connectivity index (χ3n) is 8.52. The average Bonchev–Trinajstić information content (AvgIpc) is 3.65. The first-order valence-corrected chi connectivity index (χ1v) is 14.3. The average molecular weight is 565 g/mol. The predicted molar refractivity (Wildman–Crippen MR) is 149 cm³/mol. The van der Waals surface area contributed by atoms with Gasteiger partial charge in [-0.3, -0.25) is 14.4 Å². The molecule has 218 valence electrons. The third kappa shape index (κ3) is 5.37. The fraction of sp³-hybridized carbons (Fsp3) is 0.500. The monoisotopic (exact) mass is 564 g/mol. The molecule has 41 heavy (non-hydrogen) atoms. The van der Waals surface area contributed by atoms with Crippen molar-refractivity contribution in [2.75, 3.05) is 46.3 Å². The highest BCUT2D eigenvalue weighted by Crippen LogP contribution is 2.44. The van der Waals surface area contributed by atoms with E-state index >= 15 is 0 Å². The van der Waals surface area contributed by atoms with Crippen LogP contribution < -0.4 is 11.1 Å². The van der Waals surface area contributed by atoms with Crippen LogP contribution in [0.15, 0.2) is 41.2 Å².